The van der Waals surface area contributed by atoms with Gasteiger partial charge in [-0.25, -0.2) is 0 Å². The van der Waals surface area contributed by atoms with Crippen molar-refractivity contribution in [1.82, 2.24) is 0 Å². The zero-order valence-electron chi connectivity index (χ0n) is 10.7. The zero-order valence-corrected chi connectivity index (χ0v) is 11.5. The average Bonchev–Trinajstić information content (AvgIpc) is 2.60. The Balaban J connectivity index is 2.27. The summed E-state index contributed by atoms with van der Waals surface area (Å²) in [7, 11) is 0. The van der Waals surface area contributed by atoms with Gasteiger partial charge < -0.3 is 4.90 Å². The first-order chi connectivity index (χ1) is 8.85. The lowest BCUT2D eigenvalue weighted by atomic mass is 9.91. The predicted octanol–water partition coefficient (Wildman–Crippen LogP) is 2.81. The molecule has 5 heteroatoms. The minimum Gasteiger partial charge on any atom is -0.305 e. The summed E-state index contributed by atoms with van der Waals surface area (Å²) in [6, 6.07) is 7.00. The van der Waals surface area contributed by atoms with Gasteiger partial charge in [-0.2, -0.15) is 5.26 Å². The van der Waals surface area contributed by atoms with Gasteiger partial charge in [-0.15, -0.1) is 0 Å². The van der Waals surface area contributed by atoms with E-state index >= 15 is 0 Å². The van der Waals surface area contributed by atoms with Gasteiger partial charge in [0.2, 0.25) is 0 Å². The molecular weight excluding hydrogens is 264 g/mol. The van der Waals surface area contributed by atoms with E-state index in [1.54, 1.807) is 26.0 Å². The number of anilines is 1. The van der Waals surface area contributed by atoms with Crippen molar-refractivity contribution in [1.29, 1.82) is 5.26 Å². The molecule has 1 aliphatic rings. The number of carbonyl (C=O) groups is 2. The molecule has 1 aromatic carbocycles. The summed E-state index contributed by atoms with van der Waals surface area (Å²) < 4.78 is 0. The Morgan fingerprint density at radius 3 is 2.68 bits per heavy atom. The van der Waals surface area contributed by atoms with Gasteiger partial charge in [0.15, 0.2) is 0 Å². The highest BCUT2D eigenvalue weighted by Gasteiger charge is 2.36. The molecule has 0 bridgehead atoms. The number of ketones is 1. The molecule has 4 nitrogen and oxygen atoms in total. The molecule has 1 aliphatic heterocycles. The number of fused-ring (bicyclic) bond motifs is 1. The molecule has 1 amide bonds. The van der Waals surface area contributed by atoms with Gasteiger partial charge in [0.25, 0.3) is 11.7 Å². The maximum atomic E-state index is 11.9. The van der Waals surface area contributed by atoms with Crippen molar-refractivity contribution in [2.24, 2.45) is 5.41 Å². The Morgan fingerprint density at radius 1 is 1.37 bits per heavy atom. The molecule has 0 radical (unpaired) electrons. The first-order valence-corrected chi connectivity index (χ1v) is 6.30. The van der Waals surface area contributed by atoms with E-state index in [-0.39, 0.29) is 0 Å². The topological polar surface area (TPSA) is 61.2 Å². The number of carbonyl (C=O) groups excluding carboxylic acids is 2. The lowest BCUT2D eigenvalue weighted by Gasteiger charge is -2.21. The van der Waals surface area contributed by atoms with Crippen molar-refractivity contribution in [2.45, 2.75) is 20.3 Å². The molecule has 0 unspecified atom stereocenters. The minimum absolute atomic E-state index is 0.340. The van der Waals surface area contributed by atoms with Crippen LogP contribution in [0, 0.1) is 16.7 Å². The first-order valence-electron chi connectivity index (χ1n) is 5.93. The van der Waals surface area contributed by atoms with Crippen LogP contribution in [0.1, 0.15) is 30.6 Å². The van der Waals surface area contributed by atoms with Gasteiger partial charge in [-0.1, -0.05) is 11.6 Å². The molecule has 0 saturated heterocycles. The van der Waals surface area contributed by atoms with Crippen LogP contribution in [0.25, 0.3) is 0 Å². The molecule has 19 heavy (non-hydrogen) atoms. The Bertz CT molecular complexity index is 602. The smallest absolute Gasteiger partial charge is 0.299 e. The molecule has 0 spiro atoms. The summed E-state index contributed by atoms with van der Waals surface area (Å²) in [5, 5.41) is 9.41. The largest absolute Gasteiger partial charge is 0.305 e. The highest BCUT2D eigenvalue weighted by atomic mass is 35.5. The Labute approximate surface area is 116 Å². The van der Waals surface area contributed by atoms with Gasteiger partial charge in [-0.3, -0.25) is 9.59 Å². The molecule has 0 N–H and O–H groups in total. The lowest BCUT2D eigenvalue weighted by molar-refractivity contribution is -0.114. The molecule has 0 aliphatic carbocycles. The number of hydrogen-bond acceptors (Lipinski definition) is 3. The Morgan fingerprint density at radius 2 is 2.05 bits per heavy atom. The van der Waals surface area contributed by atoms with E-state index in [0.717, 1.165) is 0 Å². The predicted molar refractivity (Wildman–Crippen MR) is 72.1 cm³/mol. The zero-order chi connectivity index (χ0) is 14.2. The van der Waals surface area contributed by atoms with E-state index in [2.05, 4.69) is 6.07 Å². The number of hydrogen-bond donors (Lipinski definition) is 0. The van der Waals surface area contributed by atoms with Crippen LogP contribution < -0.4 is 4.90 Å². The van der Waals surface area contributed by atoms with E-state index in [1.807, 2.05) is 0 Å². The van der Waals surface area contributed by atoms with Crippen LogP contribution in [-0.2, 0) is 4.79 Å². The SMILES string of the molecule is CC(C)(C#N)CCN1C(=O)C(=O)c2cc(Cl)ccc21. The molecule has 0 atom stereocenters. The van der Waals surface area contributed by atoms with Crippen LogP contribution in [-0.4, -0.2) is 18.2 Å². The summed E-state index contributed by atoms with van der Waals surface area (Å²) in [4.78, 5) is 25.2. The quantitative estimate of drug-likeness (QED) is 0.798. The molecule has 0 fully saturated rings. The highest BCUT2D eigenvalue weighted by Crippen LogP contribution is 2.32. The molecule has 0 aromatic heterocycles. The standard InChI is InChI=1S/C14H13ClN2O2/c1-14(2,8-16)5-6-17-11-4-3-9(15)7-10(11)12(18)13(17)19/h3-4,7H,5-6H2,1-2H3. The van der Waals surface area contributed by atoms with Gasteiger partial charge >= 0.3 is 0 Å². The highest BCUT2D eigenvalue weighted by molar-refractivity contribution is 6.52. The fourth-order valence-electron chi connectivity index (χ4n) is 1.94. The number of benzene rings is 1. The van der Waals surface area contributed by atoms with Gasteiger partial charge in [-0.05, 0) is 38.5 Å². The monoisotopic (exact) mass is 276 g/mol. The average molecular weight is 277 g/mol. The van der Waals surface area contributed by atoms with Crippen molar-refractivity contribution in [3.63, 3.8) is 0 Å². The van der Waals surface area contributed by atoms with Gasteiger partial charge in [0.1, 0.15) is 0 Å². The van der Waals surface area contributed by atoms with Crippen LogP contribution in [0.4, 0.5) is 5.69 Å². The van der Waals surface area contributed by atoms with Crippen LogP contribution in [0.3, 0.4) is 0 Å². The van der Waals surface area contributed by atoms with E-state index in [1.165, 1.54) is 11.0 Å². The third kappa shape index (κ3) is 2.47. The Hall–Kier alpha value is -1.86. The maximum Gasteiger partial charge on any atom is 0.299 e. The summed E-state index contributed by atoms with van der Waals surface area (Å²) in [6.07, 6.45) is 0.505. The van der Waals surface area contributed by atoms with Crippen molar-refractivity contribution in [3.05, 3.63) is 28.8 Å². The molecular formula is C14H13ClN2O2. The fraction of sp³-hybridized carbons (Fsp3) is 0.357. The summed E-state index contributed by atoms with van der Waals surface area (Å²) in [6.45, 7) is 3.95. The number of nitriles is 1. The molecule has 2 rings (SSSR count). The maximum absolute atomic E-state index is 11.9. The third-order valence-electron chi connectivity index (χ3n) is 3.20. The van der Waals surface area contributed by atoms with Crippen molar-refractivity contribution in [3.8, 4) is 6.07 Å². The second-order valence-corrected chi connectivity index (χ2v) is 5.63. The number of amides is 1. The van der Waals surface area contributed by atoms with Crippen molar-refractivity contribution < 1.29 is 9.59 Å². The molecule has 1 aromatic rings. The number of Topliss-reactive ketones (excluding diaryl/α,β-unsaturated/α-hetero) is 1. The fourth-order valence-corrected chi connectivity index (χ4v) is 2.11. The molecule has 1 heterocycles. The molecule has 0 saturated carbocycles. The van der Waals surface area contributed by atoms with E-state index < -0.39 is 17.1 Å². The summed E-state index contributed by atoms with van der Waals surface area (Å²) in [5.74, 6) is -1.08. The summed E-state index contributed by atoms with van der Waals surface area (Å²) >= 11 is 5.83. The number of halogens is 1. The Kier molecular flexibility index (Phi) is 3.34. The summed E-state index contributed by atoms with van der Waals surface area (Å²) in [5.41, 5.74) is 0.388. The van der Waals surface area contributed by atoms with Crippen LogP contribution in [0.2, 0.25) is 5.02 Å². The minimum atomic E-state index is -0.550. The van der Waals surface area contributed by atoms with Gasteiger partial charge in [0.05, 0.1) is 22.7 Å². The first kappa shape index (κ1) is 13.6. The van der Waals surface area contributed by atoms with E-state index in [9.17, 15) is 9.59 Å². The van der Waals surface area contributed by atoms with Crippen LogP contribution >= 0.6 is 11.6 Å². The normalized spacial score (nSPS) is 14.5. The number of nitrogens with zero attached hydrogens (tertiary/aromatic N) is 2. The van der Waals surface area contributed by atoms with Gasteiger partial charge in [0, 0.05) is 11.6 Å². The van der Waals surface area contributed by atoms with E-state index in [4.69, 9.17) is 16.9 Å². The second kappa shape index (κ2) is 4.67. The lowest BCUT2D eigenvalue weighted by Crippen LogP contribution is -2.32. The third-order valence-corrected chi connectivity index (χ3v) is 3.43. The van der Waals surface area contributed by atoms with Crippen molar-refractivity contribution in [2.75, 3.05) is 11.4 Å². The number of rotatable bonds is 3. The molecule has 98 valence electrons. The van der Waals surface area contributed by atoms with E-state index in [0.29, 0.717) is 29.2 Å². The van der Waals surface area contributed by atoms with Crippen molar-refractivity contribution >= 4 is 29.0 Å². The second-order valence-electron chi connectivity index (χ2n) is 5.19. The van der Waals surface area contributed by atoms with Crippen LogP contribution in [0.5, 0.6) is 0 Å². The van der Waals surface area contributed by atoms with Crippen LogP contribution in [0.15, 0.2) is 18.2 Å².